The first-order chi connectivity index (χ1) is 10.5. The van der Waals surface area contributed by atoms with Gasteiger partial charge < -0.3 is 10.0 Å². The first kappa shape index (κ1) is 16.5. The molecule has 0 saturated carbocycles. The van der Waals surface area contributed by atoms with Crippen LogP contribution in [-0.4, -0.2) is 37.8 Å². The van der Waals surface area contributed by atoms with Crippen LogP contribution in [0.25, 0.3) is 0 Å². The fourth-order valence-electron chi connectivity index (χ4n) is 2.10. The van der Waals surface area contributed by atoms with Crippen LogP contribution < -0.4 is 0 Å². The van der Waals surface area contributed by atoms with Crippen molar-refractivity contribution in [3.63, 3.8) is 0 Å². The molecule has 1 aromatic heterocycles. The van der Waals surface area contributed by atoms with Gasteiger partial charge in [0, 0.05) is 6.54 Å². The molecule has 1 aromatic carbocycles. The molecule has 0 fully saturated rings. The number of aromatic nitrogens is 2. The maximum absolute atomic E-state index is 12.9. The molecule has 118 valence electrons. The summed E-state index contributed by atoms with van der Waals surface area (Å²) in [6, 6.07) is 5.61. The second kappa shape index (κ2) is 7.42. The molecule has 0 unspecified atom stereocenters. The SMILES string of the molecule is CC(C)CN(C[C@@H](O)c1ccc(F)cc1)C(=O)c1cnsn1. The van der Waals surface area contributed by atoms with Gasteiger partial charge in [0.1, 0.15) is 5.82 Å². The average molecular weight is 323 g/mol. The van der Waals surface area contributed by atoms with Crippen LogP contribution in [-0.2, 0) is 0 Å². The lowest BCUT2D eigenvalue weighted by Crippen LogP contribution is -2.37. The number of amides is 1. The lowest BCUT2D eigenvalue weighted by atomic mass is 10.1. The van der Waals surface area contributed by atoms with Crippen LogP contribution in [0.4, 0.5) is 4.39 Å². The molecule has 0 aliphatic heterocycles. The molecule has 1 heterocycles. The van der Waals surface area contributed by atoms with E-state index in [1.165, 1.54) is 30.5 Å². The summed E-state index contributed by atoms with van der Waals surface area (Å²) in [5, 5.41) is 10.3. The highest BCUT2D eigenvalue weighted by Crippen LogP contribution is 2.17. The van der Waals surface area contributed by atoms with Crippen LogP contribution in [0.5, 0.6) is 0 Å². The van der Waals surface area contributed by atoms with E-state index in [2.05, 4.69) is 8.75 Å². The van der Waals surface area contributed by atoms with Crippen molar-refractivity contribution in [3.8, 4) is 0 Å². The van der Waals surface area contributed by atoms with Gasteiger partial charge in [0.15, 0.2) is 5.69 Å². The summed E-state index contributed by atoms with van der Waals surface area (Å²) in [7, 11) is 0. The molecule has 0 aliphatic carbocycles. The third kappa shape index (κ3) is 4.32. The third-order valence-corrected chi connectivity index (χ3v) is 3.58. The third-order valence-electron chi connectivity index (χ3n) is 3.10. The second-order valence-electron chi connectivity index (χ2n) is 5.46. The Hall–Kier alpha value is -1.86. The van der Waals surface area contributed by atoms with Crippen LogP contribution in [0.15, 0.2) is 30.5 Å². The van der Waals surface area contributed by atoms with Gasteiger partial charge in [0.25, 0.3) is 5.91 Å². The van der Waals surface area contributed by atoms with E-state index in [9.17, 15) is 14.3 Å². The van der Waals surface area contributed by atoms with E-state index in [0.717, 1.165) is 11.7 Å². The van der Waals surface area contributed by atoms with Crippen molar-refractivity contribution in [2.24, 2.45) is 5.92 Å². The molecule has 5 nitrogen and oxygen atoms in total. The molecule has 0 spiro atoms. The Kier molecular flexibility index (Phi) is 5.57. The summed E-state index contributed by atoms with van der Waals surface area (Å²) >= 11 is 0.969. The standard InChI is InChI=1S/C15H18FN3O2S/c1-10(2)8-19(15(21)13-7-17-22-18-13)9-14(20)11-3-5-12(16)6-4-11/h3-7,10,14,20H,8-9H2,1-2H3/t14-/m1/s1. The Morgan fingerprint density at radius 3 is 2.55 bits per heavy atom. The van der Waals surface area contributed by atoms with Crippen molar-refractivity contribution in [3.05, 3.63) is 47.5 Å². The molecular formula is C15H18FN3O2S. The number of aliphatic hydroxyl groups excluding tert-OH is 1. The number of benzene rings is 1. The normalized spacial score (nSPS) is 12.4. The van der Waals surface area contributed by atoms with Crippen molar-refractivity contribution in [2.75, 3.05) is 13.1 Å². The van der Waals surface area contributed by atoms with Crippen LogP contribution in [0.3, 0.4) is 0 Å². The number of aliphatic hydroxyl groups is 1. The first-order valence-electron chi connectivity index (χ1n) is 6.97. The molecule has 1 atom stereocenters. The fraction of sp³-hybridized carbons (Fsp3) is 0.400. The topological polar surface area (TPSA) is 66.3 Å². The number of nitrogens with zero attached hydrogens (tertiary/aromatic N) is 3. The van der Waals surface area contributed by atoms with E-state index in [-0.39, 0.29) is 29.9 Å². The zero-order valence-corrected chi connectivity index (χ0v) is 13.3. The lowest BCUT2D eigenvalue weighted by molar-refractivity contribution is 0.0590. The molecular weight excluding hydrogens is 305 g/mol. The van der Waals surface area contributed by atoms with Crippen LogP contribution in [0.1, 0.15) is 36.0 Å². The molecule has 7 heteroatoms. The predicted molar refractivity (Wildman–Crippen MR) is 82.0 cm³/mol. The number of hydrogen-bond donors (Lipinski definition) is 1. The number of hydrogen-bond acceptors (Lipinski definition) is 5. The summed E-state index contributed by atoms with van der Waals surface area (Å²) in [6.07, 6.45) is 0.542. The smallest absolute Gasteiger partial charge is 0.275 e. The molecule has 0 bridgehead atoms. The summed E-state index contributed by atoms with van der Waals surface area (Å²) in [4.78, 5) is 14.0. The zero-order chi connectivity index (χ0) is 16.1. The zero-order valence-electron chi connectivity index (χ0n) is 12.4. The Bertz CT molecular complexity index is 602. The highest BCUT2D eigenvalue weighted by Gasteiger charge is 2.22. The monoisotopic (exact) mass is 323 g/mol. The maximum Gasteiger partial charge on any atom is 0.275 e. The largest absolute Gasteiger partial charge is 0.387 e. The molecule has 2 aromatic rings. The van der Waals surface area contributed by atoms with Gasteiger partial charge in [-0.2, -0.15) is 8.75 Å². The Balaban J connectivity index is 2.12. The van der Waals surface area contributed by atoms with Gasteiger partial charge in [-0.1, -0.05) is 26.0 Å². The highest BCUT2D eigenvalue weighted by atomic mass is 32.1. The van der Waals surface area contributed by atoms with E-state index >= 15 is 0 Å². The van der Waals surface area contributed by atoms with Crippen LogP contribution in [0, 0.1) is 11.7 Å². The summed E-state index contributed by atoms with van der Waals surface area (Å²) < 4.78 is 20.7. The van der Waals surface area contributed by atoms with E-state index in [0.29, 0.717) is 12.1 Å². The van der Waals surface area contributed by atoms with Crippen molar-refractivity contribution in [1.29, 1.82) is 0 Å². The average Bonchev–Trinajstić information content (AvgIpc) is 3.00. The van der Waals surface area contributed by atoms with Gasteiger partial charge in [0.2, 0.25) is 0 Å². The van der Waals surface area contributed by atoms with E-state index < -0.39 is 6.10 Å². The number of rotatable bonds is 6. The first-order valence-corrected chi connectivity index (χ1v) is 7.70. The number of carbonyl (C=O) groups is 1. The Morgan fingerprint density at radius 2 is 2.00 bits per heavy atom. The Morgan fingerprint density at radius 1 is 1.32 bits per heavy atom. The molecule has 2 rings (SSSR count). The van der Waals surface area contributed by atoms with Gasteiger partial charge in [0.05, 0.1) is 30.6 Å². The summed E-state index contributed by atoms with van der Waals surface area (Å²) in [6.45, 7) is 4.60. The van der Waals surface area contributed by atoms with Crippen molar-refractivity contribution in [2.45, 2.75) is 20.0 Å². The van der Waals surface area contributed by atoms with Crippen molar-refractivity contribution < 1.29 is 14.3 Å². The molecule has 1 N–H and O–H groups in total. The molecule has 0 radical (unpaired) electrons. The number of halogens is 1. The molecule has 1 amide bonds. The molecule has 0 aliphatic rings. The van der Waals surface area contributed by atoms with Crippen LogP contribution in [0.2, 0.25) is 0 Å². The Labute approximate surface area is 132 Å². The summed E-state index contributed by atoms with van der Waals surface area (Å²) in [5.41, 5.74) is 0.844. The lowest BCUT2D eigenvalue weighted by Gasteiger charge is -2.26. The van der Waals surface area contributed by atoms with Crippen molar-refractivity contribution in [1.82, 2.24) is 13.6 Å². The van der Waals surface area contributed by atoms with Gasteiger partial charge in [-0.05, 0) is 23.6 Å². The minimum Gasteiger partial charge on any atom is -0.387 e. The molecule has 22 heavy (non-hydrogen) atoms. The maximum atomic E-state index is 12.9. The highest BCUT2D eigenvalue weighted by molar-refractivity contribution is 6.99. The summed E-state index contributed by atoms with van der Waals surface area (Å²) in [5.74, 6) is -0.376. The van der Waals surface area contributed by atoms with Gasteiger partial charge in [-0.25, -0.2) is 4.39 Å². The van der Waals surface area contributed by atoms with Crippen LogP contribution >= 0.6 is 11.7 Å². The van der Waals surface area contributed by atoms with E-state index in [1.807, 2.05) is 13.8 Å². The minimum absolute atomic E-state index is 0.125. The van der Waals surface area contributed by atoms with Crippen molar-refractivity contribution >= 4 is 17.6 Å². The van der Waals surface area contributed by atoms with Gasteiger partial charge in [-0.3, -0.25) is 4.79 Å². The second-order valence-corrected chi connectivity index (χ2v) is 6.02. The quantitative estimate of drug-likeness (QED) is 0.887. The van der Waals surface area contributed by atoms with Gasteiger partial charge in [-0.15, -0.1) is 0 Å². The van der Waals surface area contributed by atoms with E-state index in [1.54, 1.807) is 4.90 Å². The number of carbonyl (C=O) groups excluding carboxylic acids is 1. The fourth-order valence-corrected chi connectivity index (χ4v) is 2.51. The minimum atomic E-state index is -0.880. The predicted octanol–water partition coefficient (Wildman–Crippen LogP) is 2.51. The molecule has 0 saturated heterocycles. The van der Waals surface area contributed by atoms with Gasteiger partial charge >= 0.3 is 0 Å². The van der Waals surface area contributed by atoms with E-state index in [4.69, 9.17) is 0 Å².